The number of halogens is 3. The number of likely N-dealkylation sites (N-methyl/N-ethyl adjacent to an activating group) is 1. The maximum Gasteiger partial charge on any atom is 0.254 e. The molecular weight excluding hydrogens is 409 g/mol. The molecule has 0 atom stereocenters. The van der Waals surface area contributed by atoms with Crippen molar-refractivity contribution in [2.75, 3.05) is 33.2 Å². The van der Waals surface area contributed by atoms with Gasteiger partial charge in [0, 0.05) is 36.8 Å². The maximum atomic E-state index is 12.8. The third-order valence-corrected chi connectivity index (χ3v) is 5.67. The Kier molecular flexibility index (Phi) is 5.03. The van der Waals surface area contributed by atoms with Gasteiger partial charge in [-0.15, -0.1) is 0 Å². The Morgan fingerprint density at radius 1 is 1.07 bits per heavy atom. The molecule has 5 nitrogen and oxygen atoms in total. The molecular formula is C19H16Cl3N3O2. The number of hydrogen-bond acceptors (Lipinski definition) is 4. The van der Waals surface area contributed by atoms with Gasteiger partial charge >= 0.3 is 0 Å². The molecule has 1 aromatic heterocycles. The van der Waals surface area contributed by atoms with Gasteiger partial charge in [0.05, 0.1) is 15.6 Å². The molecule has 27 heavy (non-hydrogen) atoms. The Morgan fingerprint density at radius 2 is 1.81 bits per heavy atom. The number of piperazine rings is 1. The predicted octanol–water partition coefficient (Wildman–Crippen LogP) is 4.84. The summed E-state index contributed by atoms with van der Waals surface area (Å²) in [6, 6.07) is 8.45. The summed E-state index contributed by atoms with van der Waals surface area (Å²) < 4.78 is 5.79. The zero-order valence-electron chi connectivity index (χ0n) is 14.5. The third kappa shape index (κ3) is 3.65. The molecule has 1 fully saturated rings. The number of benzene rings is 2. The number of oxazole rings is 1. The van der Waals surface area contributed by atoms with Crippen molar-refractivity contribution >= 4 is 51.8 Å². The molecule has 2 heterocycles. The van der Waals surface area contributed by atoms with Crippen molar-refractivity contribution in [2.45, 2.75) is 0 Å². The maximum absolute atomic E-state index is 12.8. The molecule has 0 spiro atoms. The number of aromatic nitrogens is 1. The van der Waals surface area contributed by atoms with Crippen LogP contribution < -0.4 is 0 Å². The molecule has 4 rings (SSSR count). The molecule has 0 radical (unpaired) electrons. The van der Waals surface area contributed by atoms with Crippen molar-refractivity contribution in [3.8, 4) is 11.5 Å². The first-order chi connectivity index (χ1) is 12.9. The Labute approximate surface area is 171 Å². The van der Waals surface area contributed by atoms with E-state index < -0.39 is 0 Å². The van der Waals surface area contributed by atoms with Crippen LogP contribution in [-0.2, 0) is 0 Å². The van der Waals surface area contributed by atoms with Crippen molar-refractivity contribution in [1.29, 1.82) is 0 Å². The minimum atomic E-state index is -0.00150. The van der Waals surface area contributed by atoms with Crippen molar-refractivity contribution in [3.05, 3.63) is 51.0 Å². The van der Waals surface area contributed by atoms with E-state index in [9.17, 15) is 4.79 Å². The summed E-state index contributed by atoms with van der Waals surface area (Å²) in [7, 11) is 2.05. The highest BCUT2D eigenvalue weighted by atomic mass is 35.5. The predicted molar refractivity (Wildman–Crippen MR) is 108 cm³/mol. The van der Waals surface area contributed by atoms with E-state index in [4.69, 9.17) is 39.2 Å². The van der Waals surface area contributed by atoms with E-state index in [-0.39, 0.29) is 5.91 Å². The Bertz CT molecular complexity index is 1030. The lowest BCUT2D eigenvalue weighted by Gasteiger charge is -2.32. The summed E-state index contributed by atoms with van der Waals surface area (Å²) in [6.45, 7) is 3.17. The standard InChI is InChI=1S/C19H16Cl3N3O2/c1-24-4-6-25(7-5-24)19(26)11-2-3-16-15(8-11)23-18(27-16)13-9-12(20)10-14(21)17(13)22/h2-3,8-10H,4-7H2,1H3. The van der Waals surface area contributed by atoms with Crippen LogP contribution in [0, 0.1) is 0 Å². The Morgan fingerprint density at radius 3 is 2.56 bits per heavy atom. The van der Waals surface area contributed by atoms with E-state index in [1.54, 1.807) is 30.3 Å². The lowest BCUT2D eigenvalue weighted by atomic mass is 10.1. The van der Waals surface area contributed by atoms with Crippen molar-refractivity contribution in [2.24, 2.45) is 0 Å². The molecule has 3 aromatic rings. The van der Waals surface area contributed by atoms with Gasteiger partial charge in [0.1, 0.15) is 5.52 Å². The van der Waals surface area contributed by atoms with E-state index >= 15 is 0 Å². The number of fused-ring (bicyclic) bond motifs is 1. The second kappa shape index (κ2) is 7.32. The average molecular weight is 425 g/mol. The van der Waals surface area contributed by atoms with Gasteiger partial charge in [-0.1, -0.05) is 34.8 Å². The monoisotopic (exact) mass is 423 g/mol. The van der Waals surface area contributed by atoms with Gasteiger partial charge in [-0.05, 0) is 37.4 Å². The van der Waals surface area contributed by atoms with Crippen molar-refractivity contribution < 1.29 is 9.21 Å². The molecule has 0 N–H and O–H groups in total. The Balaban J connectivity index is 1.67. The average Bonchev–Trinajstić information content (AvgIpc) is 3.07. The summed E-state index contributed by atoms with van der Waals surface area (Å²) in [5.74, 6) is 0.307. The lowest BCUT2D eigenvalue weighted by molar-refractivity contribution is 0.0664. The van der Waals surface area contributed by atoms with Crippen LogP contribution in [-0.4, -0.2) is 53.9 Å². The molecule has 140 valence electrons. The van der Waals surface area contributed by atoms with Crippen LogP contribution in [0.5, 0.6) is 0 Å². The number of amides is 1. The second-order valence-corrected chi connectivity index (χ2v) is 7.77. The summed E-state index contributed by atoms with van der Waals surface area (Å²) in [6.07, 6.45) is 0. The quantitative estimate of drug-likeness (QED) is 0.552. The largest absolute Gasteiger partial charge is 0.436 e. The summed E-state index contributed by atoms with van der Waals surface area (Å²) in [4.78, 5) is 21.3. The molecule has 8 heteroatoms. The smallest absolute Gasteiger partial charge is 0.254 e. The number of nitrogens with zero attached hydrogens (tertiary/aromatic N) is 3. The first kappa shape index (κ1) is 18.6. The zero-order valence-corrected chi connectivity index (χ0v) is 16.8. The molecule has 0 unspecified atom stereocenters. The molecule has 1 aliphatic rings. The second-order valence-electron chi connectivity index (χ2n) is 6.55. The fourth-order valence-corrected chi connectivity index (χ4v) is 3.76. The third-order valence-electron chi connectivity index (χ3n) is 4.65. The van der Waals surface area contributed by atoms with Gasteiger partial charge in [-0.3, -0.25) is 4.79 Å². The number of carbonyl (C=O) groups excluding carboxylic acids is 1. The molecule has 1 saturated heterocycles. The highest BCUT2D eigenvalue weighted by Crippen LogP contribution is 2.37. The molecule has 1 aliphatic heterocycles. The summed E-state index contributed by atoms with van der Waals surface area (Å²) >= 11 is 18.4. The normalized spacial score (nSPS) is 15.5. The van der Waals surface area contributed by atoms with Gasteiger partial charge in [0.25, 0.3) is 5.91 Å². The Hall–Kier alpha value is -1.79. The van der Waals surface area contributed by atoms with Crippen LogP contribution in [0.3, 0.4) is 0 Å². The first-order valence-corrected chi connectivity index (χ1v) is 9.59. The topological polar surface area (TPSA) is 49.6 Å². The van der Waals surface area contributed by atoms with Crippen LogP contribution in [0.25, 0.3) is 22.6 Å². The van der Waals surface area contributed by atoms with E-state index in [0.29, 0.717) is 56.3 Å². The van der Waals surface area contributed by atoms with Crippen molar-refractivity contribution in [1.82, 2.24) is 14.8 Å². The van der Waals surface area contributed by atoms with Crippen LogP contribution in [0.2, 0.25) is 15.1 Å². The number of rotatable bonds is 2. The van der Waals surface area contributed by atoms with Crippen LogP contribution in [0.4, 0.5) is 0 Å². The number of carbonyl (C=O) groups is 1. The molecule has 0 aliphatic carbocycles. The molecule has 2 aromatic carbocycles. The van der Waals surface area contributed by atoms with E-state index in [0.717, 1.165) is 13.1 Å². The van der Waals surface area contributed by atoms with E-state index in [1.165, 1.54) is 0 Å². The summed E-state index contributed by atoms with van der Waals surface area (Å²) in [5.41, 5.74) is 2.24. The van der Waals surface area contributed by atoms with Crippen LogP contribution >= 0.6 is 34.8 Å². The molecule has 0 bridgehead atoms. The SMILES string of the molecule is CN1CCN(C(=O)c2ccc3oc(-c4cc(Cl)cc(Cl)c4Cl)nc3c2)CC1. The van der Waals surface area contributed by atoms with Gasteiger partial charge in [0.2, 0.25) is 5.89 Å². The first-order valence-electron chi connectivity index (χ1n) is 8.45. The highest BCUT2D eigenvalue weighted by Gasteiger charge is 2.22. The number of hydrogen-bond donors (Lipinski definition) is 0. The fourth-order valence-electron chi connectivity index (χ4n) is 3.08. The van der Waals surface area contributed by atoms with Gasteiger partial charge in [-0.25, -0.2) is 4.98 Å². The zero-order chi connectivity index (χ0) is 19.1. The van der Waals surface area contributed by atoms with Crippen LogP contribution in [0.1, 0.15) is 10.4 Å². The lowest BCUT2D eigenvalue weighted by Crippen LogP contribution is -2.47. The highest BCUT2D eigenvalue weighted by molar-refractivity contribution is 6.44. The van der Waals surface area contributed by atoms with Crippen molar-refractivity contribution in [3.63, 3.8) is 0 Å². The fraction of sp³-hybridized carbons (Fsp3) is 0.263. The minimum Gasteiger partial charge on any atom is -0.436 e. The molecule has 0 saturated carbocycles. The minimum absolute atomic E-state index is 0.00150. The van der Waals surface area contributed by atoms with Gasteiger partial charge < -0.3 is 14.2 Å². The van der Waals surface area contributed by atoms with E-state index in [1.807, 2.05) is 4.90 Å². The van der Waals surface area contributed by atoms with Gasteiger partial charge in [0.15, 0.2) is 5.58 Å². The van der Waals surface area contributed by atoms with E-state index in [2.05, 4.69) is 16.9 Å². The van der Waals surface area contributed by atoms with Crippen LogP contribution in [0.15, 0.2) is 34.7 Å². The summed E-state index contributed by atoms with van der Waals surface area (Å²) in [5, 5.41) is 1.08. The van der Waals surface area contributed by atoms with Gasteiger partial charge in [-0.2, -0.15) is 0 Å². The molecule has 1 amide bonds.